The number of aromatic hydroxyl groups is 2. The SMILES string of the molecule is O=c1[nH]cnc2nc(N/N=C\c3ccc(O)c(O)c3)[nH]c12. The van der Waals surface area contributed by atoms with E-state index in [0.717, 1.165) is 0 Å². The van der Waals surface area contributed by atoms with E-state index in [1.807, 2.05) is 0 Å². The molecule has 0 unspecified atom stereocenters. The predicted molar refractivity (Wildman–Crippen MR) is 75.5 cm³/mol. The summed E-state index contributed by atoms with van der Waals surface area (Å²) in [6, 6.07) is 4.28. The summed E-state index contributed by atoms with van der Waals surface area (Å²) in [6.45, 7) is 0. The Kier molecular flexibility index (Phi) is 2.99. The molecule has 0 aliphatic rings. The number of imidazole rings is 1. The first kappa shape index (κ1) is 12.7. The summed E-state index contributed by atoms with van der Waals surface area (Å²) in [6.07, 6.45) is 2.68. The molecule has 5 N–H and O–H groups in total. The molecule has 0 radical (unpaired) electrons. The van der Waals surface area contributed by atoms with Crippen molar-refractivity contribution in [1.82, 2.24) is 19.9 Å². The number of phenolic OH excluding ortho intramolecular Hbond substituents is 2. The number of hydrazone groups is 1. The molecule has 1 aromatic carbocycles. The maximum Gasteiger partial charge on any atom is 0.276 e. The van der Waals surface area contributed by atoms with Crippen molar-refractivity contribution in [2.75, 3.05) is 5.43 Å². The van der Waals surface area contributed by atoms with Crippen LogP contribution >= 0.6 is 0 Å². The Morgan fingerprint density at radius 3 is 2.90 bits per heavy atom. The summed E-state index contributed by atoms with van der Waals surface area (Å²) in [5.74, 6) is -0.186. The van der Waals surface area contributed by atoms with Crippen LogP contribution in [0.15, 0.2) is 34.4 Å². The molecule has 0 fully saturated rings. The first-order valence-corrected chi connectivity index (χ1v) is 5.88. The quantitative estimate of drug-likeness (QED) is 0.270. The van der Waals surface area contributed by atoms with Gasteiger partial charge in [-0.1, -0.05) is 0 Å². The van der Waals surface area contributed by atoms with Crippen LogP contribution in [0.25, 0.3) is 11.2 Å². The lowest BCUT2D eigenvalue weighted by Gasteiger charge is -1.98. The third-order valence-electron chi connectivity index (χ3n) is 2.68. The Hall–Kier alpha value is -3.36. The first-order valence-electron chi connectivity index (χ1n) is 5.88. The number of aromatic amines is 2. The lowest BCUT2D eigenvalue weighted by Crippen LogP contribution is -2.05. The molecule has 3 rings (SSSR count). The van der Waals surface area contributed by atoms with Crippen LogP contribution in [0, 0.1) is 0 Å². The van der Waals surface area contributed by atoms with Crippen molar-refractivity contribution in [2.45, 2.75) is 0 Å². The molecule has 0 saturated carbocycles. The van der Waals surface area contributed by atoms with E-state index in [2.05, 4.69) is 30.5 Å². The fraction of sp³-hybridized carbons (Fsp3) is 0. The molecule has 21 heavy (non-hydrogen) atoms. The predicted octanol–water partition coefficient (Wildman–Crippen LogP) is 0.503. The lowest BCUT2D eigenvalue weighted by molar-refractivity contribution is 0.403. The van der Waals surface area contributed by atoms with E-state index in [4.69, 9.17) is 0 Å². The molecule has 0 bridgehead atoms. The van der Waals surface area contributed by atoms with E-state index in [1.165, 1.54) is 24.7 Å². The van der Waals surface area contributed by atoms with Crippen molar-refractivity contribution in [3.63, 3.8) is 0 Å². The molecule has 0 aliphatic carbocycles. The Morgan fingerprint density at radius 1 is 1.29 bits per heavy atom. The minimum Gasteiger partial charge on any atom is -0.504 e. The highest BCUT2D eigenvalue weighted by Gasteiger charge is 2.05. The summed E-state index contributed by atoms with van der Waals surface area (Å²) < 4.78 is 0. The largest absolute Gasteiger partial charge is 0.504 e. The van der Waals surface area contributed by atoms with E-state index >= 15 is 0 Å². The molecule has 0 saturated heterocycles. The highest BCUT2D eigenvalue weighted by Crippen LogP contribution is 2.23. The number of hydrogen-bond donors (Lipinski definition) is 5. The average Bonchev–Trinajstić information content (AvgIpc) is 2.87. The van der Waals surface area contributed by atoms with E-state index < -0.39 is 0 Å². The molecule has 0 atom stereocenters. The van der Waals surface area contributed by atoms with Gasteiger partial charge in [-0.15, -0.1) is 0 Å². The maximum absolute atomic E-state index is 11.5. The molecule has 2 heterocycles. The molecule has 2 aromatic heterocycles. The Bertz CT molecular complexity index is 882. The molecule has 0 aliphatic heterocycles. The summed E-state index contributed by atoms with van der Waals surface area (Å²) >= 11 is 0. The normalized spacial score (nSPS) is 11.2. The molecule has 106 valence electrons. The third kappa shape index (κ3) is 2.52. The van der Waals surface area contributed by atoms with Gasteiger partial charge in [0.1, 0.15) is 0 Å². The standard InChI is InChI=1S/C12H10N6O3/c19-7-2-1-6(3-8(7)20)4-15-18-12-16-9-10(17-12)13-5-14-11(9)21/h1-5,19-20H,(H3,13,14,16,17,18,21)/b15-4-. The first-order chi connectivity index (χ1) is 10.1. The molecule has 9 heteroatoms. The van der Waals surface area contributed by atoms with Crippen LogP contribution in [-0.2, 0) is 0 Å². The van der Waals surface area contributed by atoms with E-state index in [1.54, 1.807) is 6.07 Å². The van der Waals surface area contributed by atoms with Gasteiger partial charge in [0.2, 0.25) is 5.95 Å². The van der Waals surface area contributed by atoms with Crippen LogP contribution in [0.3, 0.4) is 0 Å². The second kappa shape index (κ2) is 4.96. The van der Waals surface area contributed by atoms with Gasteiger partial charge in [-0.25, -0.2) is 10.4 Å². The topological polar surface area (TPSA) is 139 Å². The number of rotatable bonds is 3. The van der Waals surface area contributed by atoms with Crippen molar-refractivity contribution >= 4 is 23.3 Å². The van der Waals surface area contributed by atoms with Crippen LogP contribution in [-0.4, -0.2) is 36.4 Å². The number of nitrogens with zero attached hydrogens (tertiary/aromatic N) is 3. The number of anilines is 1. The number of phenols is 2. The number of benzene rings is 1. The van der Waals surface area contributed by atoms with Gasteiger partial charge >= 0.3 is 0 Å². The Balaban J connectivity index is 1.79. The molecule has 9 nitrogen and oxygen atoms in total. The van der Waals surface area contributed by atoms with Gasteiger partial charge in [-0.05, 0) is 23.8 Å². The summed E-state index contributed by atoms with van der Waals surface area (Å²) in [5, 5.41) is 22.4. The van der Waals surface area contributed by atoms with Crippen molar-refractivity contribution in [3.8, 4) is 11.5 Å². The molecular formula is C12H10N6O3. The van der Waals surface area contributed by atoms with Crippen molar-refractivity contribution < 1.29 is 10.2 Å². The highest BCUT2D eigenvalue weighted by atomic mass is 16.3. The van der Waals surface area contributed by atoms with Crippen LogP contribution in [0.1, 0.15) is 5.56 Å². The van der Waals surface area contributed by atoms with Crippen LogP contribution < -0.4 is 11.0 Å². The van der Waals surface area contributed by atoms with Gasteiger partial charge in [0.15, 0.2) is 22.7 Å². The second-order valence-corrected chi connectivity index (χ2v) is 4.13. The van der Waals surface area contributed by atoms with Crippen molar-refractivity contribution in [3.05, 3.63) is 40.4 Å². The zero-order valence-corrected chi connectivity index (χ0v) is 10.5. The number of aromatic nitrogens is 4. The minimum absolute atomic E-state index is 0.206. The van der Waals surface area contributed by atoms with Gasteiger partial charge in [0, 0.05) is 0 Å². The summed E-state index contributed by atoms with van der Waals surface area (Å²) in [5.41, 5.74) is 3.38. The van der Waals surface area contributed by atoms with Crippen molar-refractivity contribution in [2.24, 2.45) is 5.10 Å². The maximum atomic E-state index is 11.5. The van der Waals surface area contributed by atoms with Gasteiger partial charge in [0.25, 0.3) is 5.56 Å². The fourth-order valence-corrected chi connectivity index (χ4v) is 1.68. The van der Waals surface area contributed by atoms with Gasteiger partial charge in [0.05, 0.1) is 12.5 Å². The van der Waals surface area contributed by atoms with Gasteiger partial charge in [-0.3, -0.25) is 4.79 Å². The van der Waals surface area contributed by atoms with Gasteiger partial charge < -0.3 is 20.2 Å². The summed E-state index contributed by atoms with van der Waals surface area (Å²) in [7, 11) is 0. The molecular weight excluding hydrogens is 276 g/mol. The number of fused-ring (bicyclic) bond motifs is 1. The van der Waals surface area contributed by atoms with E-state index in [-0.39, 0.29) is 34.2 Å². The smallest absolute Gasteiger partial charge is 0.276 e. The minimum atomic E-state index is -0.326. The third-order valence-corrected chi connectivity index (χ3v) is 2.68. The number of hydrogen-bond acceptors (Lipinski definition) is 7. The molecule has 0 amide bonds. The number of nitrogens with one attached hydrogen (secondary N) is 3. The van der Waals surface area contributed by atoms with E-state index in [0.29, 0.717) is 5.56 Å². The lowest BCUT2D eigenvalue weighted by atomic mass is 10.2. The van der Waals surface area contributed by atoms with Crippen LogP contribution in [0.4, 0.5) is 5.95 Å². The number of H-pyrrole nitrogens is 2. The highest BCUT2D eigenvalue weighted by molar-refractivity contribution is 5.81. The second-order valence-electron chi connectivity index (χ2n) is 4.13. The van der Waals surface area contributed by atoms with Crippen LogP contribution in [0.2, 0.25) is 0 Å². The Morgan fingerprint density at radius 2 is 2.14 bits per heavy atom. The van der Waals surface area contributed by atoms with E-state index in [9.17, 15) is 15.0 Å². The zero-order valence-electron chi connectivity index (χ0n) is 10.5. The fourth-order valence-electron chi connectivity index (χ4n) is 1.68. The monoisotopic (exact) mass is 286 g/mol. The average molecular weight is 286 g/mol. The molecule has 0 spiro atoms. The van der Waals surface area contributed by atoms with Crippen LogP contribution in [0.5, 0.6) is 11.5 Å². The summed E-state index contributed by atoms with van der Waals surface area (Å²) in [4.78, 5) is 24.6. The Labute approximate surface area is 117 Å². The zero-order chi connectivity index (χ0) is 14.8. The molecule has 3 aromatic rings. The van der Waals surface area contributed by atoms with Gasteiger partial charge in [-0.2, -0.15) is 10.1 Å². The van der Waals surface area contributed by atoms with Crippen molar-refractivity contribution in [1.29, 1.82) is 0 Å².